The van der Waals surface area contributed by atoms with E-state index in [0.717, 1.165) is 12.3 Å². The SMILES string of the molecule is O=C(Nc1cccc(C(=O)O)c1)NC1CC2CCC1C2. The van der Waals surface area contributed by atoms with Gasteiger partial charge in [-0.05, 0) is 49.3 Å². The lowest BCUT2D eigenvalue weighted by Crippen LogP contribution is -2.41. The number of nitrogens with one attached hydrogen (secondary N) is 2. The molecule has 2 bridgehead atoms. The number of hydrogen-bond acceptors (Lipinski definition) is 2. The topological polar surface area (TPSA) is 78.4 Å². The van der Waals surface area contributed by atoms with Crippen molar-refractivity contribution in [2.45, 2.75) is 31.7 Å². The molecule has 1 aromatic rings. The van der Waals surface area contributed by atoms with E-state index >= 15 is 0 Å². The minimum atomic E-state index is -0.998. The first-order chi connectivity index (χ1) is 9.61. The highest BCUT2D eigenvalue weighted by molar-refractivity contribution is 5.93. The third kappa shape index (κ3) is 2.61. The lowest BCUT2D eigenvalue weighted by Gasteiger charge is -2.23. The maximum Gasteiger partial charge on any atom is 0.335 e. The van der Waals surface area contributed by atoms with Crippen LogP contribution in [0.15, 0.2) is 24.3 Å². The van der Waals surface area contributed by atoms with Gasteiger partial charge in [0.25, 0.3) is 0 Å². The lowest BCUT2D eigenvalue weighted by atomic mass is 9.95. The van der Waals surface area contributed by atoms with E-state index < -0.39 is 5.97 Å². The Hall–Kier alpha value is -2.04. The maximum absolute atomic E-state index is 12.0. The molecule has 0 saturated heterocycles. The van der Waals surface area contributed by atoms with Crippen LogP contribution in [0.5, 0.6) is 0 Å². The molecule has 5 nitrogen and oxygen atoms in total. The molecule has 20 heavy (non-hydrogen) atoms. The lowest BCUT2D eigenvalue weighted by molar-refractivity contribution is 0.0697. The number of carbonyl (C=O) groups is 2. The smallest absolute Gasteiger partial charge is 0.335 e. The summed E-state index contributed by atoms with van der Waals surface area (Å²) in [6, 6.07) is 6.30. The Bertz CT molecular complexity index is 544. The first kappa shape index (κ1) is 13.0. The largest absolute Gasteiger partial charge is 0.478 e. The Morgan fingerprint density at radius 3 is 2.70 bits per heavy atom. The van der Waals surface area contributed by atoms with Crippen LogP contribution in [0.4, 0.5) is 10.5 Å². The summed E-state index contributed by atoms with van der Waals surface area (Å²) in [6.07, 6.45) is 4.82. The molecule has 3 unspecified atom stereocenters. The van der Waals surface area contributed by atoms with Crippen molar-refractivity contribution in [2.75, 3.05) is 5.32 Å². The van der Waals surface area contributed by atoms with Crippen LogP contribution in [0.25, 0.3) is 0 Å². The van der Waals surface area contributed by atoms with Crippen LogP contribution >= 0.6 is 0 Å². The second-order valence-electron chi connectivity index (χ2n) is 5.77. The molecule has 2 saturated carbocycles. The van der Waals surface area contributed by atoms with Crippen molar-refractivity contribution in [3.63, 3.8) is 0 Å². The van der Waals surface area contributed by atoms with Gasteiger partial charge in [0.2, 0.25) is 0 Å². The van der Waals surface area contributed by atoms with Gasteiger partial charge in [0.15, 0.2) is 0 Å². The molecule has 5 heteroatoms. The van der Waals surface area contributed by atoms with E-state index in [1.165, 1.54) is 31.4 Å². The van der Waals surface area contributed by atoms with Crippen molar-refractivity contribution < 1.29 is 14.7 Å². The van der Waals surface area contributed by atoms with Gasteiger partial charge in [-0.1, -0.05) is 12.5 Å². The Kier molecular flexibility index (Phi) is 3.34. The molecule has 106 valence electrons. The predicted molar refractivity (Wildman–Crippen MR) is 74.8 cm³/mol. The highest BCUT2D eigenvalue weighted by atomic mass is 16.4. The molecule has 0 radical (unpaired) electrons. The zero-order chi connectivity index (χ0) is 14.1. The summed E-state index contributed by atoms with van der Waals surface area (Å²) >= 11 is 0. The van der Waals surface area contributed by atoms with E-state index in [-0.39, 0.29) is 17.6 Å². The molecule has 0 spiro atoms. The van der Waals surface area contributed by atoms with Gasteiger partial charge in [-0.2, -0.15) is 0 Å². The zero-order valence-electron chi connectivity index (χ0n) is 11.1. The quantitative estimate of drug-likeness (QED) is 0.793. The fraction of sp³-hybridized carbons (Fsp3) is 0.467. The van der Waals surface area contributed by atoms with Gasteiger partial charge in [0.05, 0.1) is 5.56 Å². The average molecular weight is 274 g/mol. The molecule has 2 amide bonds. The van der Waals surface area contributed by atoms with Crippen LogP contribution in [0, 0.1) is 11.8 Å². The third-order valence-electron chi connectivity index (χ3n) is 4.42. The molecule has 2 aliphatic carbocycles. The Morgan fingerprint density at radius 1 is 1.20 bits per heavy atom. The number of fused-ring (bicyclic) bond motifs is 2. The van der Waals surface area contributed by atoms with Gasteiger partial charge in [0, 0.05) is 11.7 Å². The monoisotopic (exact) mass is 274 g/mol. The van der Waals surface area contributed by atoms with Crippen molar-refractivity contribution >= 4 is 17.7 Å². The molecule has 3 rings (SSSR count). The number of hydrogen-bond donors (Lipinski definition) is 3. The second-order valence-corrected chi connectivity index (χ2v) is 5.77. The second kappa shape index (κ2) is 5.15. The maximum atomic E-state index is 12.0. The number of aromatic carboxylic acids is 1. The number of rotatable bonds is 3. The highest BCUT2D eigenvalue weighted by Crippen LogP contribution is 2.44. The van der Waals surface area contributed by atoms with Crippen LogP contribution in [-0.4, -0.2) is 23.1 Å². The number of urea groups is 1. The van der Waals surface area contributed by atoms with Gasteiger partial charge in [-0.15, -0.1) is 0 Å². The standard InChI is InChI=1S/C15H18N2O3/c18-14(19)11-2-1-3-12(8-11)16-15(20)17-13-7-9-4-5-10(13)6-9/h1-3,8-10,13H,4-7H2,(H,18,19)(H2,16,17,20). The highest BCUT2D eigenvalue weighted by Gasteiger charge is 2.40. The van der Waals surface area contributed by atoms with Gasteiger partial charge in [-0.3, -0.25) is 0 Å². The van der Waals surface area contributed by atoms with Gasteiger partial charge in [-0.25, -0.2) is 9.59 Å². The summed E-state index contributed by atoms with van der Waals surface area (Å²) < 4.78 is 0. The van der Waals surface area contributed by atoms with Crippen molar-refractivity contribution in [1.82, 2.24) is 5.32 Å². The minimum absolute atomic E-state index is 0.169. The molecule has 0 heterocycles. The third-order valence-corrected chi connectivity index (χ3v) is 4.42. The van der Waals surface area contributed by atoms with E-state index in [1.54, 1.807) is 12.1 Å². The number of benzene rings is 1. The fourth-order valence-corrected chi connectivity index (χ4v) is 3.49. The van der Waals surface area contributed by atoms with E-state index in [1.807, 2.05) is 0 Å². The molecule has 1 aromatic carbocycles. The van der Waals surface area contributed by atoms with E-state index in [0.29, 0.717) is 11.6 Å². The number of carboxylic acids is 1. The average Bonchev–Trinajstić information content (AvgIpc) is 3.01. The molecule has 2 aliphatic rings. The summed E-state index contributed by atoms with van der Waals surface area (Å²) in [6.45, 7) is 0. The molecule has 2 fully saturated rings. The van der Waals surface area contributed by atoms with Crippen molar-refractivity contribution in [1.29, 1.82) is 0 Å². The first-order valence-electron chi connectivity index (χ1n) is 7.02. The van der Waals surface area contributed by atoms with Crippen molar-refractivity contribution in [3.05, 3.63) is 29.8 Å². The minimum Gasteiger partial charge on any atom is -0.478 e. The van der Waals surface area contributed by atoms with Crippen LogP contribution < -0.4 is 10.6 Å². The van der Waals surface area contributed by atoms with Gasteiger partial charge < -0.3 is 15.7 Å². The Balaban J connectivity index is 1.59. The number of amides is 2. The van der Waals surface area contributed by atoms with E-state index in [4.69, 9.17) is 5.11 Å². The van der Waals surface area contributed by atoms with Crippen molar-refractivity contribution in [2.24, 2.45) is 11.8 Å². The van der Waals surface area contributed by atoms with E-state index in [9.17, 15) is 9.59 Å². The molecule has 0 aromatic heterocycles. The number of anilines is 1. The van der Waals surface area contributed by atoms with Crippen LogP contribution in [0.1, 0.15) is 36.0 Å². The fourth-order valence-electron chi connectivity index (χ4n) is 3.49. The van der Waals surface area contributed by atoms with Gasteiger partial charge >= 0.3 is 12.0 Å². The molecule has 3 atom stereocenters. The summed E-state index contributed by atoms with van der Waals surface area (Å²) in [7, 11) is 0. The first-order valence-corrected chi connectivity index (χ1v) is 7.02. The van der Waals surface area contributed by atoms with Crippen LogP contribution in [0.2, 0.25) is 0 Å². The normalized spacial score (nSPS) is 27.3. The predicted octanol–water partition coefficient (Wildman–Crippen LogP) is 2.69. The van der Waals surface area contributed by atoms with Crippen molar-refractivity contribution in [3.8, 4) is 0 Å². The summed E-state index contributed by atoms with van der Waals surface area (Å²) in [4.78, 5) is 22.8. The summed E-state index contributed by atoms with van der Waals surface area (Å²) in [5, 5.41) is 14.6. The van der Waals surface area contributed by atoms with Crippen LogP contribution in [0.3, 0.4) is 0 Å². The Labute approximate surface area is 117 Å². The molecular formula is C15H18N2O3. The van der Waals surface area contributed by atoms with Gasteiger partial charge in [0.1, 0.15) is 0 Å². The number of carboxylic acid groups (broad SMARTS) is 1. The Morgan fingerprint density at radius 2 is 2.05 bits per heavy atom. The molecule has 3 N–H and O–H groups in total. The summed E-state index contributed by atoms with van der Waals surface area (Å²) in [5.41, 5.74) is 0.674. The zero-order valence-corrected chi connectivity index (χ0v) is 11.1. The summed E-state index contributed by atoms with van der Waals surface area (Å²) in [5.74, 6) is 0.402. The molecule has 0 aliphatic heterocycles. The number of carbonyl (C=O) groups excluding carboxylic acids is 1. The van der Waals surface area contributed by atoms with Crippen LogP contribution in [-0.2, 0) is 0 Å². The van der Waals surface area contributed by atoms with E-state index in [2.05, 4.69) is 10.6 Å². The molecular weight excluding hydrogens is 256 g/mol.